The van der Waals surface area contributed by atoms with Crippen LogP contribution in [0.25, 0.3) is 4.96 Å². The first-order chi connectivity index (χ1) is 9.36. The van der Waals surface area contributed by atoms with Crippen molar-refractivity contribution in [2.24, 2.45) is 5.73 Å². The topological polar surface area (TPSA) is 82.0 Å². The summed E-state index contributed by atoms with van der Waals surface area (Å²) >= 11 is 1.55. The molecule has 0 unspecified atom stereocenters. The normalized spacial score (nSPS) is 11.2. The zero-order valence-electron chi connectivity index (χ0n) is 10.4. The van der Waals surface area contributed by atoms with E-state index in [1.54, 1.807) is 17.5 Å². The van der Waals surface area contributed by atoms with Crippen LogP contribution in [0.2, 0.25) is 0 Å². The molecule has 0 bridgehead atoms. The van der Waals surface area contributed by atoms with E-state index in [1.165, 1.54) is 5.56 Å². The summed E-state index contributed by atoms with van der Waals surface area (Å²) in [5, 5.41) is 13.8. The molecule has 98 valence electrons. The third-order valence-corrected chi connectivity index (χ3v) is 3.77. The molecule has 0 saturated carbocycles. The average molecular weight is 274 g/mol. The molecule has 0 radical (unpaired) electrons. The van der Waals surface area contributed by atoms with E-state index in [0.717, 1.165) is 35.1 Å². The van der Waals surface area contributed by atoms with Crippen LogP contribution < -0.4 is 5.73 Å². The van der Waals surface area contributed by atoms with E-state index in [4.69, 9.17) is 5.73 Å². The molecule has 0 aliphatic heterocycles. The Morgan fingerprint density at radius 2 is 2.16 bits per heavy atom. The number of nitrogens with two attached hydrogens (primary N) is 1. The molecule has 3 aromatic rings. The summed E-state index contributed by atoms with van der Waals surface area (Å²) in [4.78, 5) is 4.94. The van der Waals surface area contributed by atoms with Crippen molar-refractivity contribution in [3.05, 3.63) is 40.9 Å². The van der Waals surface area contributed by atoms with Gasteiger partial charge in [-0.1, -0.05) is 17.4 Å². The van der Waals surface area contributed by atoms with Crippen LogP contribution in [0, 0.1) is 0 Å². The van der Waals surface area contributed by atoms with Gasteiger partial charge in [0.1, 0.15) is 5.01 Å². The number of aryl methyl sites for hydroxylation is 2. The highest BCUT2D eigenvalue weighted by Crippen LogP contribution is 2.15. The summed E-state index contributed by atoms with van der Waals surface area (Å²) in [5.41, 5.74) is 6.73. The zero-order chi connectivity index (χ0) is 13.1. The Morgan fingerprint density at radius 1 is 1.21 bits per heavy atom. The van der Waals surface area contributed by atoms with Gasteiger partial charge < -0.3 is 5.73 Å². The van der Waals surface area contributed by atoms with Crippen molar-refractivity contribution in [1.29, 1.82) is 0 Å². The number of fused-ring (bicyclic) bond motifs is 1. The predicted molar refractivity (Wildman–Crippen MR) is 73.1 cm³/mol. The standard InChI is InChI=1S/C12H14N6S/c13-6-5-11-17-18-10(15-16-12(18)19-11)4-3-9-2-1-7-14-8-9/h1-2,7-8H,3-6,13H2. The fraction of sp³-hybridized carbons (Fsp3) is 0.333. The van der Waals surface area contributed by atoms with Crippen LogP contribution in [0.3, 0.4) is 0 Å². The molecule has 0 aliphatic rings. The SMILES string of the molecule is NCCc1nn2c(CCc3cccnc3)nnc2s1. The first-order valence-electron chi connectivity index (χ1n) is 6.16. The molecular weight excluding hydrogens is 260 g/mol. The van der Waals surface area contributed by atoms with Gasteiger partial charge in [-0.15, -0.1) is 10.2 Å². The summed E-state index contributed by atoms with van der Waals surface area (Å²) in [6, 6.07) is 4.00. The lowest BCUT2D eigenvalue weighted by atomic mass is 10.1. The maximum atomic E-state index is 5.54. The number of rotatable bonds is 5. The van der Waals surface area contributed by atoms with E-state index in [1.807, 2.05) is 16.8 Å². The molecule has 0 aromatic carbocycles. The van der Waals surface area contributed by atoms with Gasteiger partial charge in [0, 0.05) is 25.2 Å². The number of pyridine rings is 1. The van der Waals surface area contributed by atoms with Crippen LogP contribution in [-0.4, -0.2) is 31.3 Å². The van der Waals surface area contributed by atoms with E-state index >= 15 is 0 Å². The highest BCUT2D eigenvalue weighted by molar-refractivity contribution is 7.16. The maximum Gasteiger partial charge on any atom is 0.234 e. The van der Waals surface area contributed by atoms with Crippen LogP contribution in [0.5, 0.6) is 0 Å². The fourth-order valence-electron chi connectivity index (χ4n) is 1.88. The molecule has 0 amide bonds. The van der Waals surface area contributed by atoms with E-state index < -0.39 is 0 Å². The lowest BCUT2D eigenvalue weighted by molar-refractivity contribution is 0.771. The number of aromatic nitrogens is 5. The second kappa shape index (κ2) is 5.41. The molecule has 0 atom stereocenters. The molecule has 3 heterocycles. The molecule has 19 heavy (non-hydrogen) atoms. The predicted octanol–water partition coefficient (Wildman–Crippen LogP) is 0.867. The van der Waals surface area contributed by atoms with Gasteiger partial charge in [-0.25, -0.2) is 0 Å². The largest absolute Gasteiger partial charge is 0.330 e. The van der Waals surface area contributed by atoms with Crippen LogP contribution in [0.15, 0.2) is 24.5 Å². The van der Waals surface area contributed by atoms with Gasteiger partial charge in [0.2, 0.25) is 4.96 Å². The van der Waals surface area contributed by atoms with Gasteiger partial charge in [0.15, 0.2) is 5.82 Å². The van der Waals surface area contributed by atoms with Crippen molar-refractivity contribution >= 4 is 16.3 Å². The minimum Gasteiger partial charge on any atom is -0.330 e. The molecule has 7 heteroatoms. The van der Waals surface area contributed by atoms with Crippen molar-refractivity contribution in [3.8, 4) is 0 Å². The van der Waals surface area contributed by atoms with Crippen molar-refractivity contribution in [1.82, 2.24) is 24.8 Å². The van der Waals surface area contributed by atoms with Gasteiger partial charge in [0.25, 0.3) is 0 Å². The average Bonchev–Trinajstić information content (AvgIpc) is 2.98. The van der Waals surface area contributed by atoms with Gasteiger partial charge in [0.05, 0.1) is 0 Å². The number of hydrogen-bond acceptors (Lipinski definition) is 6. The molecule has 6 nitrogen and oxygen atoms in total. The highest BCUT2D eigenvalue weighted by Gasteiger charge is 2.11. The summed E-state index contributed by atoms with van der Waals surface area (Å²) in [6.07, 6.45) is 6.13. The van der Waals surface area contributed by atoms with Crippen LogP contribution in [-0.2, 0) is 19.3 Å². The molecule has 0 fully saturated rings. The van der Waals surface area contributed by atoms with Crippen LogP contribution in [0.1, 0.15) is 16.4 Å². The van der Waals surface area contributed by atoms with E-state index in [-0.39, 0.29) is 0 Å². The minimum absolute atomic E-state index is 0.606. The first kappa shape index (κ1) is 12.2. The Bertz CT molecular complexity index is 659. The second-order valence-corrected chi connectivity index (χ2v) is 5.25. The Balaban J connectivity index is 1.77. The molecule has 0 saturated heterocycles. The van der Waals surface area contributed by atoms with Gasteiger partial charge in [-0.05, 0) is 24.6 Å². The van der Waals surface area contributed by atoms with E-state index in [0.29, 0.717) is 6.54 Å². The summed E-state index contributed by atoms with van der Waals surface area (Å²) < 4.78 is 1.83. The summed E-state index contributed by atoms with van der Waals surface area (Å²) in [6.45, 7) is 0.606. The Kier molecular flexibility index (Phi) is 3.47. The quantitative estimate of drug-likeness (QED) is 0.746. The number of nitrogens with zero attached hydrogens (tertiary/aromatic N) is 5. The third-order valence-electron chi connectivity index (χ3n) is 2.82. The Labute approximate surface area is 114 Å². The number of hydrogen-bond donors (Lipinski definition) is 1. The van der Waals surface area contributed by atoms with Gasteiger partial charge in [-0.2, -0.15) is 9.61 Å². The van der Waals surface area contributed by atoms with Crippen molar-refractivity contribution in [2.45, 2.75) is 19.3 Å². The monoisotopic (exact) mass is 274 g/mol. The van der Waals surface area contributed by atoms with Gasteiger partial charge in [-0.3, -0.25) is 4.98 Å². The van der Waals surface area contributed by atoms with Crippen LogP contribution >= 0.6 is 11.3 Å². The third kappa shape index (κ3) is 2.61. The molecule has 0 aliphatic carbocycles. The highest BCUT2D eigenvalue weighted by atomic mass is 32.1. The molecule has 3 rings (SSSR count). The lowest BCUT2D eigenvalue weighted by Gasteiger charge is -1.98. The lowest BCUT2D eigenvalue weighted by Crippen LogP contribution is -2.04. The van der Waals surface area contributed by atoms with E-state index in [2.05, 4.69) is 26.3 Å². The second-order valence-electron chi connectivity index (χ2n) is 4.21. The maximum absolute atomic E-state index is 5.54. The summed E-state index contributed by atoms with van der Waals surface area (Å²) in [7, 11) is 0. The van der Waals surface area contributed by atoms with Crippen molar-refractivity contribution in [3.63, 3.8) is 0 Å². The van der Waals surface area contributed by atoms with Crippen LogP contribution in [0.4, 0.5) is 0 Å². The Morgan fingerprint density at radius 3 is 2.95 bits per heavy atom. The Hall–Kier alpha value is -1.86. The molecule has 2 N–H and O–H groups in total. The van der Waals surface area contributed by atoms with Crippen molar-refractivity contribution in [2.75, 3.05) is 6.54 Å². The van der Waals surface area contributed by atoms with Crippen molar-refractivity contribution < 1.29 is 0 Å². The molecule has 0 spiro atoms. The van der Waals surface area contributed by atoms with E-state index in [9.17, 15) is 0 Å². The van der Waals surface area contributed by atoms with Gasteiger partial charge >= 0.3 is 0 Å². The minimum atomic E-state index is 0.606. The fourth-order valence-corrected chi connectivity index (χ4v) is 2.75. The first-order valence-corrected chi connectivity index (χ1v) is 6.97. The molecular formula is C12H14N6S. The summed E-state index contributed by atoms with van der Waals surface area (Å²) in [5.74, 6) is 0.887. The smallest absolute Gasteiger partial charge is 0.234 e. The molecule has 3 aromatic heterocycles. The zero-order valence-corrected chi connectivity index (χ0v) is 11.2.